The number of hydrogen-bond donors (Lipinski definition) is 0. The van der Waals surface area contributed by atoms with Crippen molar-refractivity contribution in [2.45, 2.75) is 6.92 Å². The molecule has 0 N–H and O–H groups in total. The molecular weight excluding hydrogens is 229 g/mol. The Morgan fingerprint density at radius 3 is 3.00 bits per heavy atom. The van der Waals surface area contributed by atoms with E-state index in [4.69, 9.17) is 0 Å². The maximum atomic E-state index is 4.19. The Balaban J connectivity index is 0.000000720. The molecule has 0 aliphatic heterocycles. The van der Waals surface area contributed by atoms with Gasteiger partial charge in [0.2, 0.25) is 0 Å². The maximum Gasteiger partial charge on any atom is 0.0832 e. The third kappa shape index (κ3) is 1.54. The quantitative estimate of drug-likeness (QED) is 0.624. The predicted molar refractivity (Wildman–Crippen MR) is 39.9 cm³/mol. The molecule has 12 heavy (non-hydrogen) atoms. The first kappa shape index (κ1) is 9.74. The molecule has 2 rings (SSSR count). The van der Waals surface area contributed by atoms with Crippen LogP contribution < -0.4 is 0 Å². The van der Waals surface area contributed by atoms with Gasteiger partial charge in [0.05, 0.1) is 6.33 Å². The van der Waals surface area contributed by atoms with Crippen LogP contribution in [0.1, 0.15) is 5.82 Å². The minimum absolute atomic E-state index is 0. The van der Waals surface area contributed by atoms with E-state index in [0.717, 1.165) is 17.0 Å². The van der Waals surface area contributed by atoms with Gasteiger partial charge >= 0.3 is 0 Å². The van der Waals surface area contributed by atoms with Gasteiger partial charge in [0.25, 0.3) is 0 Å². The first-order valence-corrected chi connectivity index (χ1v) is 3.31. The monoisotopic (exact) mass is 236 g/mol. The van der Waals surface area contributed by atoms with Crippen LogP contribution in [-0.4, -0.2) is 19.5 Å². The average Bonchev–Trinajstić information content (AvgIpc) is 2.33. The van der Waals surface area contributed by atoms with Crippen LogP contribution in [0.25, 0.3) is 11.2 Å². The molecule has 2 aromatic heterocycles. The van der Waals surface area contributed by atoms with Crippen molar-refractivity contribution in [1.82, 2.24) is 19.5 Å². The molecule has 0 spiro atoms. The van der Waals surface area contributed by atoms with Crippen LogP contribution in [0.5, 0.6) is 0 Å². The van der Waals surface area contributed by atoms with Gasteiger partial charge in [-0.3, -0.25) is 4.98 Å². The van der Waals surface area contributed by atoms with E-state index in [1.54, 1.807) is 6.33 Å². The molecule has 0 aliphatic rings. The maximum absolute atomic E-state index is 4.19. The summed E-state index contributed by atoms with van der Waals surface area (Å²) in [5, 5.41) is 0. The fourth-order valence-electron chi connectivity index (χ4n) is 0.947. The van der Waals surface area contributed by atoms with E-state index in [-0.39, 0.29) is 32.7 Å². The molecule has 1 radical (unpaired) electrons. The topological polar surface area (TPSA) is 43.6 Å². The summed E-state index contributed by atoms with van der Waals surface area (Å²) >= 11 is 0. The number of aryl methyl sites for hydroxylation is 2. The van der Waals surface area contributed by atoms with Crippen LogP contribution in [0.15, 0.2) is 6.33 Å². The normalized spacial score (nSPS) is 9.83. The van der Waals surface area contributed by atoms with E-state index in [1.807, 2.05) is 18.5 Å². The molecule has 2 heterocycles. The van der Waals surface area contributed by atoms with Crippen LogP contribution in [0.2, 0.25) is 0 Å². The Labute approximate surface area is 95.3 Å². The molecule has 0 bridgehead atoms. The fraction of sp³-hybridized carbons (Fsp3) is 0.286. The van der Waals surface area contributed by atoms with E-state index in [0.29, 0.717) is 0 Å². The molecular formula is C7H7N4Y-. The largest absolute Gasteiger partial charge is 0.372 e. The summed E-state index contributed by atoms with van der Waals surface area (Å²) in [6.07, 6.45) is 4.50. The van der Waals surface area contributed by atoms with Crippen LogP contribution in [0.4, 0.5) is 0 Å². The van der Waals surface area contributed by atoms with E-state index < -0.39 is 0 Å². The van der Waals surface area contributed by atoms with Gasteiger partial charge in [-0.05, 0) is 6.20 Å². The number of fused-ring (bicyclic) bond motifs is 1. The zero-order valence-electron chi connectivity index (χ0n) is 6.94. The molecule has 5 heteroatoms. The summed E-state index contributed by atoms with van der Waals surface area (Å²) in [4.78, 5) is 12.1. The number of nitrogens with zero attached hydrogens (tertiary/aromatic N) is 4. The Bertz CT molecular complexity index is 395. The van der Waals surface area contributed by atoms with Gasteiger partial charge in [-0.25, -0.2) is 0 Å². The molecule has 0 aromatic carbocycles. The van der Waals surface area contributed by atoms with E-state index >= 15 is 0 Å². The van der Waals surface area contributed by atoms with Crippen LogP contribution in [0.3, 0.4) is 0 Å². The van der Waals surface area contributed by atoms with Gasteiger partial charge in [0, 0.05) is 56.7 Å². The Kier molecular flexibility index (Phi) is 2.91. The van der Waals surface area contributed by atoms with Crippen molar-refractivity contribution in [3.05, 3.63) is 18.3 Å². The van der Waals surface area contributed by atoms with Gasteiger partial charge in [-0.2, -0.15) is 0 Å². The van der Waals surface area contributed by atoms with Crippen molar-refractivity contribution < 1.29 is 32.7 Å². The molecule has 2 aromatic rings. The average molecular weight is 236 g/mol. The molecule has 0 unspecified atom stereocenters. The minimum Gasteiger partial charge on any atom is -0.372 e. The summed E-state index contributed by atoms with van der Waals surface area (Å²) < 4.78 is 1.85. The Morgan fingerprint density at radius 2 is 2.25 bits per heavy atom. The summed E-state index contributed by atoms with van der Waals surface area (Å²) in [5.41, 5.74) is 1.55. The second kappa shape index (κ2) is 3.58. The summed E-state index contributed by atoms with van der Waals surface area (Å²) in [7, 11) is 1.90. The number of aromatic nitrogens is 4. The molecule has 0 saturated carbocycles. The third-order valence-electron chi connectivity index (χ3n) is 1.50. The van der Waals surface area contributed by atoms with Crippen molar-refractivity contribution in [1.29, 1.82) is 0 Å². The number of rotatable bonds is 0. The molecule has 0 aliphatic carbocycles. The fourth-order valence-corrected chi connectivity index (χ4v) is 0.947. The van der Waals surface area contributed by atoms with Crippen LogP contribution in [-0.2, 0) is 39.8 Å². The molecule has 4 nitrogen and oxygen atoms in total. The third-order valence-corrected chi connectivity index (χ3v) is 1.50. The number of hydrogen-bond acceptors (Lipinski definition) is 3. The zero-order chi connectivity index (χ0) is 7.84. The van der Waals surface area contributed by atoms with Gasteiger partial charge in [0.15, 0.2) is 0 Å². The molecule has 59 valence electrons. The Morgan fingerprint density at radius 1 is 1.50 bits per heavy atom. The van der Waals surface area contributed by atoms with E-state index in [2.05, 4.69) is 21.1 Å². The van der Waals surface area contributed by atoms with Gasteiger partial charge in [0.1, 0.15) is 0 Å². The van der Waals surface area contributed by atoms with Crippen molar-refractivity contribution in [3.8, 4) is 0 Å². The number of imidazole rings is 1. The second-order valence-corrected chi connectivity index (χ2v) is 2.41. The van der Waals surface area contributed by atoms with Crippen LogP contribution in [0, 0.1) is 13.1 Å². The van der Waals surface area contributed by atoms with Crippen molar-refractivity contribution in [2.75, 3.05) is 0 Å². The minimum atomic E-state index is 0. The summed E-state index contributed by atoms with van der Waals surface area (Å²) in [6.45, 7) is 1.84. The van der Waals surface area contributed by atoms with Gasteiger partial charge in [-0.1, -0.05) is 6.92 Å². The molecule has 0 amide bonds. The molecule has 0 saturated heterocycles. The first-order valence-electron chi connectivity index (χ1n) is 3.31. The standard InChI is InChI=1S/C7H7N4.Y/c1-5-8-3-6-7(10-5)11(2)4-9-6;/h4H,1-2H3;/q-1;. The SMILES string of the molecule is Cc1n[c-]c2ncn(C)c2n1.[Y]. The Hall–Kier alpha value is -0.346. The summed E-state index contributed by atoms with van der Waals surface area (Å²) in [5.74, 6) is 0.723. The van der Waals surface area contributed by atoms with Crippen molar-refractivity contribution >= 4 is 11.2 Å². The van der Waals surface area contributed by atoms with Crippen molar-refractivity contribution in [2.24, 2.45) is 7.05 Å². The van der Waals surface area contributed by atoms with E-state index in [9.17, 15) is 0 Å². The predicted octanol–water partition coefficient (Wildman–Crippen LogP) is 0.469. The zero-order valence-corrected chi connectivity index (χ0v) is 9.78. The molecule has 0 fully saturated rings. The molecule has 0 atom stereocenters. The van der Waals surface area contributed by atoms with Crippen molar-refractivity contribution in [3.63, 3.8) is 0 Å². The second-order valence-electron chi connectivity index (χ2n) is 2.41. The first-order chi connectivity index (χ1) is 5.27. The smallest absolute Gasteiger partial charge is 0.0832 e. The summed E-state index contributed by atoms with van der Waals surface area (Å²) in [6, 6.07) is 0. The van der Waals surface area contributed by atoms with Gasteiger partial charge < -0.3 is 14.5 Å². The van der Waals surface area contributed by atoms with E-state index in [1.165, 1.54) is 0 Å². The van der Waals surface area contributed by atoms with Gasteiger partial charge in [-0.15, -0.1) is 0 Å². The van der Waals surface area contributed by atoms with Crippen LogP contribution >= 0.6 is 0 Å².